The van der Waals surface area contributed by atoms with Gasteiger partial charge in [-0.15, -0.1) is 0 Å². The van der Waals surface area contributed by atoms with Crippen LogP contribution in [0, 0.1) is 11.8 Å². The molecule has 0 saturated carbocycles. The Hall–Kier alpha value is -1.27. The van der Waals surface area contributed by atoms with E-state index >= 15 is 0 Å². The number of nitrogens with zero attached hydrogens (tertiary/aromatic N) is 1. The molecule has 0 radical (unpaired) electrons. The highest BCUT2D eigenvalue weighted by Crippen LogP contribution is 2.31. The number of nitrogens with two attached hydrogens (primary N) is 2. The Morgan fingerprint density at radius 1 is 1.25 bits per heavy atom. The molecule has 0 bridgehead atoms. The first-order chi connectivity index (χ1) is 9.29. The summed E-state index contributed by atoms with van der Waals surface area (Å²) in [7, 11) is -3.69. The number of benzene rings is 1. The normalized spacial score (nSPS) is 17.7. The fourth-order valence-corrected chi connectivity index (χ4v) is 3.35. The van der Waals surface area contributed by atoms with E-state index in [1.165, 1.54) is 12.1 Å². The Morgan fingerprint density at radius 2 is 1.85 bits per heavy atom. The van der Waals surface area contributed by atoms with Crippen LogP contribution in [0.1, 0.15) is 26.7 Å². The van der Waals surface area contributed by atoms with E-state index in [0.717, 1.165) is 37.5 Å². The van der Waals surface area contributed by atoms with E-state index in [2.05, 4.69) is 18.7 Å². The maximum atomic E-state index is 11.3. The van der Waals surface area contributed by atoms with Gasteiger partial charge in [0, 0.05) is 13.1 Å². The molecule has 0 spiro atoms. The summed E-state index contributed by atoms with van der Waals surface area (Å²) in [6, 6.07) is 4.72. The third-order valence-corrected chi connectivity index (χ3v) is 5.06. The monoisotopic (exact) mass is 297 g/mol. The van der Waals surface area contributed by atoms with Gasteiger partial charge < -0.3 is 10.6 Å². The second-order valence-electron chi connectivity index (χ2n) is 5.83. The van der Waals surface area contributed by atoms with E-state index < -0.39 is 10.0 Å². The van der Waals surface area contributed by atoms with E-state index in [-0.39, 0.29) is 4.90 Å². The van der Waals surface area contributed by atoms with Crippen molar-refractivity contribution in [3.63, 3.8) is 0 Å². The third-order valence-electron chi connectivity index (χ3n) is 4.15. The molecule has 4 N–H and O–H groups in total. The topological polar surface area (TPSA) is 89.4 Å². The Labute approximate surface area is 121 Å². The number of hydrogen-bond acceptors (Lipinski definition) is 4. The Balaban J connectivity index is 2.15. The van der Waals surface area contributed by atoms with Crippen LogP contribution in [0.3, 0.4) is 0 Å². The van der Waals surface area contributed by atoms with Gasteiger partial charge in [-0.3, -0.25) is 0 Å². The van der Waals surface area contributed by atoms with Crippen LogP contribution < -0.4 is 15.8 Å². The summed E-state index contributed by atoms with van der Waals surface area (Å²) < 4.78 is 22.6. The second-order valence-corrected chi connectivity index (χ2v) is 7.40. The number of anilines is 2. The van der Waals surface area contributed by atoms with Gasteiger partial charge in [0.15, 0.2) is 0 Å². The molecule has 6 heteroatoms. The molecule has 2 rings (SSSR count). The Kier molecular flexibility index (Phi) is 4.25. The fraction of sp³-hybridized carbons (Fsp3) is 0.571. The summed E-state index contributed by atoms with van der Waals surface area (Å²) in [5.74, 6) is 1.47. The summed E-state index contributed by atoms with van der Waals surface area (Å²) >= 11 is 0. The maximum Gasteiger partial charge on any atom is 0.238 e. The van der Waals surface area contributed by atoms with Gasteiger partial charge in [-0.05, 0) is 42.9 Å². The van der Waals surface area contributed by atoms with Gasteiger partial charge in [0.1, 0.15) is 0 Å². The van der Waals surface area contributed by atoms with Crippen molar-refractivity contribution in [1.29, 1.82) is 0 Å². The Morgan fingerprint density at radius 3 is 2.30 bits per heavy atom. The third kappa shape index (κ3) is 3.24. The molecule has 1 saturated heterocycles. The number of nitrogen functional groups attached to an aromatic ring is 1. The number of hydrogen-bond donors (Lipinski definition) is 2. The molecule has 5 nitrogen and oxygen atoms in total. The zero-order valence-corrected chi connectivity index (χ0v) is 12.9. The lowest BCUT2D eigenvalue weighted by atomic mass is 9.86. The van der Waals surface area contributed by atoms with Gasteiger partial charge in [0.2, 0.25) is 10.0 Å². The van der Waals surface area contributed by atoms with Gasteiger partial charge in [-0.1, -0.05) is 13.8 Å². The summed E-state index contributed by atoms with van der Waals surface area (Å²) in [4.78, 5) is 2.29. The predicted molar refractivity (Wildman–Crippen MR) is 82.0 cm³/mol. The zero-order chi connectivity index (χ0) is 14.9. The van der Waals surface area contributed by atoms with Crippen molar-refractivity contribution >= 4 is 21.4 Å². The molecule has 0 unspecified atom stereocenters. The van der Waals surface area contributed by atoms with Crippen molar-refractivity contribution in [2.45, 2.75) is 31.6 Å². The fourth-order valence-electron chi connectivity index (χ4n) is 2.80. The minimum absolute atomic E-state index is 0.0656. The van der Waals surface area contributed by atoms with Crippen LogP contribution in [0.15, 0.2) is 23.1 Å². The molecule has 1 aromatic carbocycles. The van der Waals surface area contributed by atoms with E-state index in [1.807, 2.05) is 0 Å². The summed E-state index contributed by atoms with van der Waals surface area (Å²) in [5, 5.41) is 5.11. The molecule has 0 atom stereocenters. The summed E-state index contributed by atoms with van der Waals surface area (Å²) in [6.07, 6.45) is 2.29. The van der Waals surface area contributed by atoms with Crippen molar-refractivity contribution in [2.75, 3.05) is 23.7 Å². The highest BCUT2D eigenvalue weighted by atomic mass is 32.2. The molecule has 0 amide bonds. The minimum Gasteiger partial charge on any atom is -0.397 e. The summed E-state index contributed by atoms with van der Waals surface area (Å²) in [6.45, 7) is 6.44. The lowest BCUT2D eigenvalue weighted by Gasteiger charge is -2.36. The van der Waals surface area contributed by atoms with Crippen LogP contribution in [0.2, 0.25) is 0 Å². The van der Waals surface area contributed by atoms with Crippen LogP contribution in [0.25, 0.3) is 0 Å². The van der Waals surface area contributed by atoms with Crippen molar-refractivity contribution < 1.29 is 8.42 Å². The van der Waals surface area contributed by atoms with Crippen LogP contribution in [0.4, 0.5) is 11.4 Å². The van der Waals surface area contributed by atoms with Crippen molar-refractivity contribution in [1.82, 2.24) is 0 Å². The van der Waals surface area contributed by atoms with Crippen LogP contribution in [-0.2, 0) is 10.0 Å². The van der Waals surface area contributed by atoms with Crippen LogP contribution in [-0.4, -0.2) is 21.5 Å². The molecule has 1 fully saturated rings. The largest absolute Gasteiger partial charge is 0.397 e. The molecule has 1 aromatic rings. The lowest BCUT2D eigenvalue weighted by molar-refractivity contribution is 0.311. The van der Waals surface area contributed by atoms with E-state index in [4.69, 9.17) is 10.9 Å². The van der Waals surface area contributed by atoms with Gasteiger partial charge in [-0.25, -0.2) is 13.6 Å². The van der Waals surface area contributed by atoms with Gasteiger partial charge in [0.25, 0.3) is 0 Å². The van der Waals surface area contributed by atoms with Crippen molar-refractivity contribution in [3.8, 4) is 0 Å². The molecule has 0 aromatic heterocycles. The number of primary sulfonamides is 1. The number of piperidine rings is 1. The molecular weight excluding hydrogens is 274 g/mol. The SMILES string of the molecule is CC(C)C1CCN(c2ccc(S(N)(=O)=O)cc2N)CC1. The molecule has 20 heavy (non-hydrogen) atoms. The first-order valence-corrected chi connectivity index (χ1v) is 8.51. The number of rotatable bonds is 3. The second kappa shape index (κ2) is 5.61. The Bertz CT molecular complexity index is 576. The lowest BCUT2D eigenvalue weighted by Crippen LogP contribution is -2.35. The molecular formula is C14H23N3O2S. The maximum absolute atomic E-state index is 11.3. The quantitative estimate of drug-likeness (QED) is 0.832. The van der Waals surface area contributed by atoms with E-state index in [1.54, 1.807) is 6.07 Å². The zero-order valence-electron chi connectivity index (χ0n) is 12.0. The smallest absolute Gasteiger partial charge is 0.238 e. The average molecular weight is 297 g/mol. The first kappa shape index (κ1) is 15.1. The van der Waals surface area contributed by atoms with Crippen molar-refractivity contribution in [2.24, 2.45) is 17.0 Å². The predicted octanol–water partition coefficient (Wildman–Crippen LogP) is 1.79. The molecule has 1 aliphatic heterocycles. The highest BCUT2D eigenvalue weighted by molar-refractivity contribution is 7.89. The van der Waals surface area contributed by atoms with Gasteiger partial charge in [-0.2, -0.15) is 0 Å². The van der Waals surface area contributed by atoms with E-state index in [9.17, 15) is 8.42 Å². The first-order valence-electron chi connectivity index (χ1n) is 6.96. The van der Waals surface area contributed by atoms with Gasteiger partial charge >= 0.3 is 0 Å². The van der Waals surface area contributed by atoms with E-state index in [0.29, 0.717) is 11.6 Å². The van der Waals surface area contributed by atoms with Gasteiger partial charge in [0.05, 0.1) is 16.3 Å². The number of sulfonamides is 1. The molecule has 0 aliphatic carbocycles. The van der Waals surface area contributed by atoms with Crippen LogP contribution >= 0.6 is 0 Å². The average Bonchev–Trinajstić information content (AvgIpc) is 2.37. The molecule has 1 aliphatic rings. The highest BCUT2D eigenvalue weighted by Gasteiger charge is 2.23. The standard InChI is InChI=1S/C14H23N3O2S/c1-10(2)11-5-7-17(8-6-11)14-4-3-12(9-13(14)15)20(16,18)19/h3-4,9-11H,5-8,15H2,1-2H3,(H2,16,18,19). The molecule has 1 heterocycles. The van der Waals surface area contributed by atoms with Crippen LogP contribution in [0.5, 0.6) is 0 Å². The van der Waals surface area contributed by atoms with Crippen molar-refractivity contribution in [3.05, 3.63) is 18.2 Å². The molecule has 112 valence electrons. The summed E-state index contributed by atoms with van der Waals surface area (Å²) in [5.41, 5.74) is 7.36. The minimum atomic E-state index is -3.69.